The van der Waals surface area contributed by atoms with Crippen LogP contribution in [0.15, 0.2) is 320 Å². The van der Waals surface area contributed by atoms with Crippen LogP contribution in [-0.4, -0.2) is 104 Å². The maximum Gasteiger partial charge on any atom is 0.342 e. The van der Waals surface area contributed by atoms with Crippen LogP contribution >= 0.6 is 0 Å². The highest BCUT2D eigenvalue weighted by molar-refractivity contribution is 6.01. The van der Waals surface area contributed by atoms with Crippen molar-refractivity contribution in [3.05, 3.63) is 354 Å². The summed E-state index contributed by atoms with van der Waals surface area (Å²) in [6.45, 7) is 37.8. The number of carbonyl (C=O) groups excluding carboxylic acids is 12. The summed E-state index contributed by atoms with van der Waals surface area (Å²) >= 11 is 0. The van der Waals surface area contributed by atoms with E-state index in [1.807, 2.05) is 43.3 Å². The first-order chi connectivity index (χ1) is 54.8. The number of hydrogen-bond acceptors (Lipinski definition) is 24. The van der Waals surface area contributed by atoms with Gasteiger partial charge in [-0.05, 0) is 194 Å². The summed E-state index contributed by atoms with van der Waals surface area (Å²) < 4.78 is 59.5. The molecule has 586 valence electrons. The van der Waals surface area contributed by atoms with Gasteiger partial charge in [-0.1, -0.05) is 139 Å². The van der Waals surface area contributed by atoms with Gasteiger partial charge in [0.2, 0.25) is 0 Å². The minimum absolute atomic E-state index is 0.0838. The number of ether oxygens (including phenoxy) is 12. The Kier molecular flexibility index (Phi) is 40.3. The van der Waals surface area contributed by atoms with Crippen molar-refractivity contribution in [2.75, 3.05) is 26.4 Å². The minimum Gasteiger partial charge on any atom is -0.458 e. The summed E-state index contributed by atoms with van der Waals surface area (Å²) in [5.74, 6) is -4.06. The third kappa shape index (κ3) is 33.1. The van der Waals surface area contributed by atoms with E-state index in [2.05, 4.69) is 70.5 Å². The van der Waals surface area contributed by atoms with Crippen molar-refractivity contribution in [3.63, 3.8) is 0 Å². The molecular formula is C90H82O24. The summed E-state index contributed by atoms with van der Waals surface area (Å²) in [5, 5.41) is 3.40. The monoisotopic (exact) mass is 1550 g/mol. The van der Waals surface area contributed by atoms with Gasteiger partial charge in [0.25, 0.3) is 0 Å². The molecule has 24 heteroatoms. The number of esters is 12. The molecule has 0 saturated carbocycles. The second-order valence-corrected chi connectivity index (χ2v) is 22.5. The van der Waals surface area contributed by atoms with Gasteiger partial charge < -0.3 is 56.8 Å². The highest BCUT2D eigenvalue weighted by Gasteiger charge is 2.20. The van der Waals surface area contributed by atoms with E-state index in [0.717, 1.165) is 77.4 Å². The molecule has 8 aromatic carbocycles. The van der Waals surface area contributed by atoms with Gasteiger partial charge in [-0.2, -0.15) is 0 Å². The first-order valence-electron chi connectivity index (χ1n) is 34.2. The fourth-order valence-electron chi connectivity index (χ4n) is 8.67. The van der Waals surface area contributed by atoms with Crippen LogP contribution in [0.25, 0.3) is 21.5 Å². The Bertz CT molecular complexity index is 4880. The molecule has 8 aromatic rings. The van der Waals surface area contributed by atoms with Crippen LogP contribution in [0.1, 0.15) is 95.3 Å². The predicted molar refractivity (Wildman–Crippen MR) is 428 cm³/mol. The van der Waals surface area contributed by atoms with Crippen LogP contribution in [-0.2, 0) is 57.2 Å². The van der Waals surface area contributed by atoms with Crippen molar-refractivity contribution in [3.8, 4) is 34.5 Å². The molecule has 0 amide bonds. The van der Waals surface area contributed by atoms with Gasteiger partial charge in [0, 0.05) is 36.0 Å². The van der Waals surface area contributed by atoms with Crippen molar-refractivity contribution in [1.29, 1.82) is 0 Å². The molecule has 0 heterocycles. The molecule has 0 saturated heterocycles. The smallest absolute Gasteiger partial charge is 0.342 e. The Balaban J connectivity index is 0.000000289. The number of rotatable bonds is 28. The Morgan fingerprint density at radius 3 is 1.18 bits per heavy atom. The van der Waals surface area contributed by atoms with Crippen molar-refractivity contribution >= 4 is 93.2 Å². The van der Waals surface area contributed by atoms with E-state index in [0.29, 0.717) is 62.1 Å². The Morgan fingerprint density at radius 1 is 0.386 bits per heavy atom. The Hall–Kier alpha value is -15.2. The second-order valence-electron chi connectivity index (χ2n) is 22.5. The van der Waals surface area contributed by atoms with Crippen LogP contribution in [0.3, 0.4) is 0 Å². The zero-order valence-corrected chi connectivity index (χ0v) is 62.6. The van der Waals surface area contributed by atoms with Crippen LogP contribution in [0.4, 0.5) is 0 Å². The quantitative estimate of drug-likeness (QED) is 0.0110. The maximum absolute atomic E-state index is 12.1. The average Bonchev–Trinajstić information content (AvgIpc) is 0.809. The zero-order chi connectivity index (χ0) is 83.7. The number of fused-ring (bicyclic) bond motifs is 2. The first kappa shape index (κ1) is 91.2. The van der Waals surface area contributed by atoms with E-state index >= 15 is 0 Å². The maximum atomic E-state index is 12.1. The largest absolute Gasteiger partial charge is 0.458 e. The van der Waals surface area contributed by atoms with Gasteiger partial charge in [0.05, 0.1) is 34.1 Å². The van der Waals surface area contributed by atoms with Crippen molar-refractivity contribution in [2.24, 2.45) is 0 Å². The highest BCUT2D eigenvalue weighted by Crippen LogP contribution is 2.28. The molecule has 0 bridgehead atoms. The second kappa shape index (κ2) is 50.4. The van der Waals surface area contributed by atoms with Crippen LogP contribution in [0, 0.1) is 0 Å². The van der Waals surface area contributed by atoms with Crippen LogP contribution < -0.4 is 28.4 Å². The molecule has 0 radical (unpaired) electrons. The summed E-state index contributed by atoms with van der Waals surface area (Å²) in [5.41, 5.74) is 2.51. The number of benzene rings is 8. The average molecular weight is 1550 g/mol. The van der Waals surface area contributed by atoms with Crippen molar-refractivity contribution in [2.45, 2.75) is 39.2 Å². The summed E-state index contributed by atoms with van der Waals surface area (Å²) in [6.07, 6.45) is 21.1. The van der Waals surface area contributed by atoms with E-state index in [4.69, 9.17) is 52.1 Å². The standard InChI is InChI=1S/2C17H14O4.C16H16O4.2C14H14O4.C12H10O4/c1-3-9-20-17(19)14-6-5-13-11-15(21-16(18)4-2)8-7-12(13)10-14;1-3-9-20-17(19)14-10-12-7-5-6-8-13(12)11-15(14)21-16(18)4-2;1-2-15(17)19-14-10-8-12(9-11-14)16(18)20-13-6-4-3-5-7-13;1-4-9-17-14(16)11-5-7-12(8-6-11)18-13(15)10(2)3;1-3-5-10-17-14(16)11-6-8-12(9-7-11)18-13(15)4-2;1-3-11(13)16-10-7-5-9(6-8-10)12(14)15-4-2/h2*3-8,10-11H,1-2,9H2;2,4,6,8-11,13H,1,3,5,7H2;4-8H,1-2,9H2,3H3;3-9H,2,10H2,1H3;3-8H,1-2H2. The van der Waals surface area contributed by atoms with E-state index in [9.17, 15) is 57.5 Å². The molecule has 1 aliphatic carbocycles. The third-order valence-corrected chi connectivity index (χ3v) is 14.2. The predicted octanol–water partition coefficient (Wildman–Crippen LogP) is 16.7. The lowest BCUT2D eigenvalue weighted by Crippen LogP contribution is -2.17. The minimum atomic E-state index is -0.636. The molecule has 114 heavy (non-hydrogen) atoms. The van der Waals surface area contributed by atoms with Crippen molar-refractivity contribution < 1.29 is 114 Å². The molecule has 0 aliphatic heterocycles. The molecule has 0 fully saturated rings. The van der Waals surface area contributed by atoms with Gasteiger partial charge in [-0.3, -0.25) is 0 Å². The van der Waals surface area contributed by atoms with Gasteiger partial charge in [0.15, 0.2) is 0 Å². The van der Waals surface area contributed by atoms with E-state index in [1.54, 1.807) is 91.9 Å². The van der Waals surface area contributed by atoms with Crippen LogP contribution in [0.5, 0.6) is 34.5 Å². The molecule has 0 N–H and O–H groups in total. The van der Waals surface area contributed by atoms with E-state index in [-0.39, 0.29) is 49.8 Å². The number of hydrogen-bond donors (Lipinski definition) is 0. The van der Waals surface area contributed by atoms with Gasteiger partial charge in [-0.25, -0.2) is 57.5 Å². The van der Waals surface area contributed by atoms with Crippen molar-refractivity contribution in [1.82, 2.24) is 0 Å². The molecule has 1 atom stereocenters. The SMILES string of the molecule is C=CC(=O)Oc1ccc(C(=O)OC2C=CCCC2)cc1.C=CC(=O)Oc1ccc(C(=O)OCC=CC)cc1.C=CCOC(=O)c1cc2ccccc2cc1OC(=O)C=C.C=CCOC(=O)c1ccc(OC(=O)C(=C)C)cc1.C=CCOC(=O)c1ccc2cc(OC(=O)C=C)ccc2c1.C=COC(=O)c1ccc(OC(=O)C=C)cc1. The highest BCUT2D eigenvalue weighted by atomic mass is 16.6. The van der Waals surface area contributed by atoms with E-state index < -0.39 is 65.7 Å². The molecule has 24 nitrogen and oxygen atoms in total. The normalized spacial score (nSPS) is 11.0. The lowest BCUT2D eigenvalue weighted by Gasteiger charge is -2.17. The molecule has 0 aromatic heterocycles. The van der Waals surface area contributed by atoms with Crippen LogP contribution in [0.2, 0.25) is 0 Å². The molecular weight excluding hydrogens is 1460 g/mol. The van der Waals surface area contributed by atoms with Gasteiger partial charge in [-0.15, -0.1) is 0 Å². The lowest BCUT2D eigenvalue weighted by molar-refractivity contribution is -0.130. The summed E-state index contributed by atoms with van der Waals surface area (Å²) in [4.78, 5) is 137. The zero-order valence-electron chi connectivity index (χ0n) is 62.6. The topological polar surface area (TPSA) is 316 Å². The lowest BCUT2D eigenvalue weighted by atomic mass is 10.1. The molecule has 9 rings (SSSR count). The number of carbonyl (C=O) groups is 12. The molecule has 1 unspecified atom stereocenters. The molecule has 0 spiro atoms. The summed E-state index contributed by atoms with van der Waals surface area (Å²) in [6, 6.07) is 45.4. The first-order valence-corrected chi connectivity index (χ1v) is 34.2. The van der Waals surface area contributed by atoms with Gasteiger partial charge in [0.1, 0.15) is 72.6 Å². The van der Waals surface area contributed by atoms with E-state index in [1.165, 1.54) is 91.0 Å². The summed E-state index contributed by atoms with van der Waals surface area (Å²) in [7, 11) is 0. The Labute approximate surface area is 658 Å². The fraction of sp³-hybridized carbons (Fsp3) is 0.111. The molecule has 1 aliphatic rings. The van der Waals surface area contributed by atoms with Gasteiger partial charge >= 0.3 is 71.6 Å². The fourth-order valence-corrected chi connectivity index (χ4v) is 8.67. The third-order valence-electron chi connectivity index (χ3n) is 14.2. The Morgan fingerprint density at radius 2 is 0.754 bits per heavy atom. The number of allylic oxidation sites excluding steroid dienone is 2.